The molecule has 0 aliphatic heterocycles. The molecule has 0 aliphatic carbocycles. The van der Waals surface area contributed by atoms with E-state index in [1.165, 1.54) is 0 Å². The van der Waals surface area contributed by atoms with Crippen LogP contribution in [0.1, 0.15) is 17.2 Å². The summed E-state index contributed by atoms with van der Waals surface area (Å²) in [5, 5.41) is 3.05. The summed E-state index contributed by atoms with van der Waals surface area (Å²) in [6.45, 7) is 1.05. The maximum Gasteiger partial charge on any atom is 0.317 e. The summed E-state index contributed by atoms with van der Waals surface area (Å²) >= 11 is 0. The molecule has 0 aliphatic rings. The number of amides is 2. The third kappa shape index (κ3) is 5.63. The van der Waals surface area contributed by atoms with Crippen LogP contribution in [-0.2, 0) is 6.54 Å². The van der Waals surface area contributed by atoms with Crippen molar-refractivity contribution in [2.45, 2.75) is 12.6 Å². The summed E-state index contributed by atoms with van der Waals surface area (Å²) in [6.07, 6.45) is 0. The van der Waals surface area contributed by atoms with Gasteiger partial charge in [-0.05, 0) is 37.9 Å². The first-order chi connectivity index (χ1) is 13.3. The van der Waals surface area contributed by atoms with Gasteiger partial charge in [-0.3, -0.25) is 0 Å². The monoisotopic (exact) mass is 384 g/mol. The number of rotatable bonds is 8. The van der Waals surface area contributed by atoms with Crippen LogP contribution in [0.25, 0.3) is 0 Å². The van der Waals surface area contributed by atoms with E-state index in [0.717, 1.165) is 22.6 Å². The van der Waals surface area contributed by atoms with E-state index in [9.17, 15) is 4.79 Å². The first-order valence-electron chi connectivity index (χ1n) is 9.38. The van der Waals surface area contributed by atoms with Gasteiger partial charge < -0.3 is 24.8 Å². The smallest absolute Gasteiger partial charge is 0.317 e. The van der Waals surface area contributed by atoms with Gasteiger partial charge in [0.15, 0.2) is 0 Å². The van der Waals surface area contributed by atoms with E-state index in [1.54, 1.807) is 12.0 Å². The summed E-state index contributed by atoms with van der Waals surface area (Å²) in [6, 6.07) is 16.1. The van der Waals surface area contributed by atoms with Gasteiger partial charge in [0.25, 0.3) is 0 Å². The van der Waals surface area contributed by atoms with E-state index >= 15 is 0 Å². The van der Waals surface area contributed by atoms with Crippen molar-refractivity contribution in [3.05, 3.63) is 59.7 Å². The average Bonchev–Trinajstić information content (AvgIpc) is 2.68. The maximum absolute atomic E-state index is 12.6. The van der Waals surface area contributed by atoms with E-state index < -0.39 is 0 Å². The van der Waals surface area contributed by atoms with Gasteiger partial charge in [0.05, 0.1) is 13.2 Å². The molecule has 2 aromatic carbocycles. The second kappa shape index (κ2) is 9.99. The Morgan fingerprint density at radius 1 is 1.00 bits per heavy atom. The average molecular weight is 385 g/mol. The SMILES string of the molecule is COc1ccccc1C(CNC(=O)N(C)Cc1ccc(N(C)C)cc1)N(C)C. The number of urea groups is 1. The van der Waals surface area contributed by atoms with E-state index in [4.69, 9.17) is 4.74 Å². The Hall–Kier alpha value is -2.73. The van der Waals surface area contributed by atoms with Crippen LogP contribution < -0.4 is 15.0 Å². The lowest BCUT2D eigenvalue weighted by Crippen LogP contribution is -2.41. The molecule has 152 valence electrons. The number of para-hydroxylation sites is 1. The van der Waals surface area contributed by atoms with E-state index in [-0.39, 0.29) is 12.1 Å². The Bertz CT molecular complexity index is 759. The molecule has 6 nitrogen and oxygen atoms in total. The summed E-state index contributed by atoms with van der Waals surface area (Å²) in [7, 11) is 11.5. The fourth-order valence-electron chi connectivity index (χ4n) is 3.08. The number of nitrogens with zero attached hydrogens (tertiary/aromatic N) is 3. The molecule has 1 N–H and O–H groups in total. The first kappa shape index (κ1) is 21.6. The molecule has 2 amide bonds. The number of hydrogen-bond acceptors (Lipinski definition) is 4. The van der Waals surface area contributed by atoms with Gasteiger partial charge >= 0.3 is 6.03 Å². The molecule has 2 rings (SSSR count). The number of methoxy groups -OCH3 is 1. The molecule has 0 saturated heterocycles. The van der Waals surface area contributed by atoms with Crippen LogP contribution in [0, 0.1) is 0 Å². The number of hydrogen-bond donors (Lipinski definition) is 1. The van der Waals surface area contributed by atoms with Crippen molar-refractivity contribution in [3.63, 3.8) is 0 Å². The Kier molecular flexibility index (Phi) is 7.70. The van der Waals surface area contributed by atoms with Gasteiger partial charge in [-0.1, -0.05) is 30.3 Å². The Labute approximate surface area is 168 Å². The number of ether oxygens (including phenoxy) is 1. The van der Waals surface area contributed by atoms with E-state index in [2.05, 4.69) is 39.4 Å². The first-order valence-corrected chi connectivity index (χ1v) is 9.38. The topological polar surface area (TPSA) is 48.1 Å². The van der Waals surface area contributed by atoms with Crippen molar-refractivity contribution >= 4 is 11.7 Å². The van der Waals surface area contributed by atoms with Crippen molar-refractivity contribution in [2.24, 2.45) is 0 Å². The molecular weight excluding hydrogens is 352 g/mol. The standard InChI is InChI=1S/C22H32N4O2/c1-24(2)18-13-11-17(12-14-18)16-26(5)22(27)23-15-20(25(3)4)19-9-7-8-10-21(19)28-6/h7-14,20H,15-16H2,1-6H3,(H,23,27). The molecule has 0 saturated carbocycles. The number of anilines is 1. The number of likely N-dealkylation sites (N-methyl/N-ethyl adjacent to an activating group) is 1. The van der Waals surface area contributed by atoms with E-state index in [1.807, 2.05) is 59.5 Å². The van der Waals surface area contributed by atoms with Crippen LogP contribution in [0.2, 0.25) is 0 Å². The number of carbonyl (C=O) groups is 1. The third-order valence-corrected chi connectivity index (χ3v) is 4.79. The van der Waals surface area contributed by atoms with Crippen LogP contribution in [-0.4, -0.2) is 64.7 Å². The van der Waals surface area contributed by atoms with Crippen molar-refractivity contribution in [1.29, 1.82) is 0 Å². The Morgan fingerprint density at radius 2 is 1.64 bits per heavy atom. The Morgan fingerprint density at radius 3 is 2.21 bits per heavy atom. The van der Waals surface area contributed by atoms with Crippen LogP contribution in [0.4, 0.5) is 10.5 Å². The quantitative estimate of drug-likeness (QED) is 0.759. The fourth-order valence-corrected chi connectivity index (χ4v) is 3.08. The highest BCUT2D eigenvalue weighted by atomic mass is 16.5. The largest absolute Gasteiger partial charge is 0.496 e. The molecule has 28 heavy (non-hydrogen) atoms. The van der Waals surface area contributed by atoms with E-state index in [0.29, 0.717) is 13.1 Å². The summed E-state index contributed by atoms with van der Waals surface area (Å²) in [5.74, 6) is 0.824. The van der Waals surface area contributed by atoms with Gasteiger partial charge in [0.1, 0.15) is 5.75 Å². The molecule has 0 spiro atoms. The Balaban J connectivity index is 1.98. The molecule has 0 heterocycles. The summed E-state index contributed by atoms with van der Waals surface area (Å²) in [5.41, 5.74) is 3.29. The highest BCUT2D eigenvalue weighted by Gasteiger charge is 2.20. The van der Waals surface area contributed by atoms with Gasteiger partial charge in [0.2, 0.25) is 0 Å². The summed E-state index contributed by atoms with van der Waals surface area (Å²) in [4.78, 5) is 18.4. The molecule has 6 heteroatoms. The molecule has 1 unspecified atom stereocenters. The lowest BCUT2D eigenvalue weighted by molar-refractivity contribution is 0.200. The number of carbonyl (C=O) groups excluding carboxylic acids is 1. The minimum absolute atomic E-state index is 0.0212. The predicted molar refractivity (Wildman–Crippen MR) is 115 cm³/mol. The zero-order chi connectivity index (χ0) is 20.7. The van der Waals surface area contributed by atoms with Gasteiger partial charge in [-0.25, -0.2) is 4.79 Å². The minimum atomic E-state index is -0.0987. The van der Waals surface area contributed by atoms with Gasteiger partial charge in [-0.15, -0.1) is 0 Å². The normalized spacial score (nSPS) is 11.8. The molecule has 1 atom stereocenters. The van der Waals surface area contributed by atoms with Crippen molar-refractivity contribution in [2.75, 3.05) is 53.8 Å². The zero-order valence-corrected chi connectivity index (χ0v) is 17.8. The summed E-state index contributed by atoms with van der Waals surface area (Å²) < 4.78 is 5.48. The lowest BCUT2D eigenvalue weighted by Gasteiger charge is -2.27. The number of benzene rings is 2. The molecule has 2 aromatic rings. The van der Waals surface area contributed by atoms with Crippen LogP contribution in [0.5, 0.6) is 5.75 Å². The van der Waals surface area contributed by atoms with Crippen molar-refractivity contribution in [3.8, 4) is 5.75 Å². The molecule has 0 aromatic heterocycles. The highest BCUT2D eigenvalue weighted by Crippen LogP contribution is 2.27. The second-order valence-electron chi connectivity index (χ2n) is 7.32. The highest BCUT2D eigenvalue weighted by molar-refractivity contribution is 5.74. The van der Waals surface area contributed by atoms with Crippen LogP contribution >= 0.6 is 0 Å². The zero-order valence-electron chi connectivity index (χ0n) is 17.8. The van der Waals surface area contributed by atoms with Crippen molar-refractivity contribution in [1.82, 2.24) is 15.1 Å². The minimum Gasteiger partial charge on any atom is -0.496 e. The molecular formula is C22H32N4O2. The van der Waals surface area contributed by atoms with Crippen LogP contribution in [0.3, 0.4) is 0 Å². The number of nitrogens with one attached hydrogen (secondary N) is 1. The molecule has 0 bridgehead atoms. The maximum atomic E-state index is 12.6. The predicted octanol–water partition coefficient (Wildman–Crippen LogP) is 3.21. The third-order valence-electron chi connectivity index (χ3n) is 4.79. The van der Waals surface area contributed by atoms with Crippen LogP contribution in [0.15, 0.2) is 48.5 Å². The fraction of sp³-hybridized carbons (Fsp3) is 0.409. The molecule has 0 radical (unpaired) electrons. The van der Waals surface area contributed by atoms with Gasteiger partial charge in [-0.2, -0.15) is 0 Å². The second-order valence-corrected chi connectivity index (χ2v) is 7.32. The molecule has 0 fully saturated rings. The lowest BCUT2D eigenvalue weighted by atomic mass is 10.0. The van der Waals surface area contributed by atoms with Crippen molar-refractivity contribution < 1.29 is 9.53 Å². The van der Waals surface area contributed by atoms with Gasteiger partial charge in [0, 0.05) is 45.5 Å².